The molecule has 0 aliphatic rings. The van der Waals surface area contributed by atoms with Crippen molar-refractivity contribution in [1.29, 1.82) is 0 Å². The number of amides is 1. The largest absolute Gasteiger partial charge is 0.384 e. The Morgan fingerprint density at radius 3 is 2.60 bits per heavy atom. The van der Waals surface area contributed by atoms with Crippen molar-refractivity contribution in [3.8, 4) is 0 Å². The first kappa shape index (κ1) is 16.8. The third kappa shape index (κ3) is 4.40. The Balaban J connectivity index is 2.91. The molecule has 1 aromatic rings. The van der Waals surface area contributed by atoms with Crippen LogP contribution in [0.5, 0.6) is 0 Å². The molecule has 112 valence electrons. The van der Waals surface area contributed by atoms with Crippen molar-refractivity contribution in [1.82, 2.24) is 9.88 Å². The molecule has 1 rings (SSSR count). The maximum Gasteiger partial charge on any atom is 0.254 e. The molecule has 5 heteroatoms. The summed E-state index contributed by atoms with van der Waals surface area (Å²) in [5.41, 5.74) is 7.29. The summed E-state index contributed by atoms with van der Waals surface area (Å²) in [6, 6.07) is 3.72. The van der Waals surface area contributed by atoms with E-state index >= 15 is 0 Å². The van der Waals surface area contributed by atoms with Gasteiger partial charge in [0.05, 0.1) is 0 Å². The molecule has 1 unspecified atom stereocenters. The fourth-order valence-electron chi connectivity index (χ4n) is 1.88. The standard InChI is InChI=1S/C15H25N3OS/c1-10(2)13-8-12(9-14(16)17-13)15(19)18(4)11(3)6-7-20-5/h8-11H,6-7H2,1-5H3,(H2,16,17). The van der Waals surface area contributed by atoms with Gasteiger partial charge in [-0.1, -0.05) is 13.8 Å². The van der Waals surface area contributed by atoms with Gasteiger partial charge in [0.2, 0.25) is 0 Å². The van der Waals surface area contributed by atoms with E-state index in [1.165, 1.54) is 0 Å². The summed E-state index contributed by atoms with van der Waals surface area (Å²) in [5, 5.41) is 0. The Morgan fingerprint density at radius 1 is 1.40 bits per heavy atom. The number of aromatic nitrogens is 1. The Morgan fingerprint density at radius 2 is 2.05 bits per heavy atom. The van der Waals surface area contributed by atoms with E-state index in [0.29, 0.717) is 11.4 Å². The SMILES string of the molecule is CSCCC(C)N(C)C(=O)c1cc(N)nc(C(C)C)c1. The molecular formula is C15H25N3OS. The molecule has 0 bridgehead atoms. The molecule has 1 aromatic heterocycles. The van der Waals surface area contributed by atoms with Gasteiger partial charge in [-0.15, -0.1) is 0 Å². The first-order valence-electron chi connectivity index (χ1n) is 6.90. The van der Waals surface area contributed by atoms with Gasteiger partial charge in [0.25, 0.3) is 5.91 Å². The summed E-state index contributed by atoms with van der Waals surface area (Å²) in [6.07, 6.45) is 3.06. The first-order valence-corrected chi connectivity index (χ1v) is 8.29. The van der Waals surface area contributed by atoms with Crippen molar-refractivity contribution in [3.05, 3.63) is 23.4 Å². The number of rotatable bonds is 6. The van der Waals surface area contributed by atoms with Gasteiger partial charge in [-0.3, -0.25) is 4.79 Å². The molecule has 20 heavy (non-hydrogen) atoms. The topological polar surface area (TPSA) is 59.2 Å². The number of carbonyl (C=O) groups is 1. The number of hydrogen-bond donors (Lipinski definition) is 1. The number of hydrogen-bond acceptors (Lipinski definition) is 4. The molecule has 1 amide bonds. The monoisotopic (exact) mass is 295 g/mol. The summed E-state index contributed by atoms with van der Waals surface area (Å²) < 4.78 is 0. The number of nitrogens with zero attached hydrogens (tertiary/aromatic N) is 2. The highest BCUT2D eigenvalue weighted by atomic mass is 32.2. The fourth-order valence-corrected chi connectivity index (χ4v) is 2.46. The minimum absolute atomic E-state index is 0.00889. The Labute approximate surface area is 126 Å². The molecule has 0 radical (unpaired) electrons. The van der Waals surface area contributed by atoms with Crippen LogP contribution in [0, 0.1) is 0 Å². The van der Waals surface area contributed by atoms with E-state index in [0.717, 1.165) is 17.9 Å². The van der Waals surface area contributed by atoms with Crippen LogP contribution < -0.4 is 5.73 Å². The van der Waals surface area contributed by atoms with E-state index in [9.17, 15) is 4.79 Å². The van der Waals surface area contributed by atoms with Gasteiger partial charge in [0, 0.05) is 24.3 Å². The average molecular weight is 295 g/mol. The molecule has 4 nitrogen and oxygen atoms in total. The highest BCUT2D eigenvalue weighted by Gasteiger charge is 2.19. The van der Waals surface area contributed by atoms with Crippen LogP contribution in [0.25, 0.3) is 0 Å². The molecule has 0 spiro atoms. The highest BCUT2D eigenvalue weighted by molar-refractivity contribution is 7.98. The van der Waals surface area contributed by atoms with Crippen LogP contribution in [0.15, 0.2) is 12.1 Å². The third-order valence-corrected chi connectivity index (χ3v) is 4.07. The molecular weight excluding hydrogens is 270 g/mol. The van der Waals surface area contributed by atoms with Crippen molar-refractivity contribution in [2.45, 2.75) is 39.2 Å². The van der Waals surface area contributed by atoms with Crippen LogP contribution in [-0.4, -0.2) is 40.9 Å². The van der Waals surface area contributed by atoms with Gasteiger partial charge >= 0.3 is 0 Å². The molecule has 0 aliphatic carbocycles. The number of nitrogen functional groups attached to an aromatic ring is 1. The molecule has 0 saturated heterocycles. The summed E-state index contributed by atoms with van der Waals surface area (Å²) in [7, 11) is 1.85. The van der Waals surface area contributed by atoms with Crippen molar-refractivity contribution < 1.29 is 4.79 Å². The molecule has 1 atom stereocenters. The lowest BCUT2D eigenvalue weighted by molar-refractivity contribution is 0.0741. The molecule has 0 aliphatic heterocycles. The normalized spacial score (nSPS) is 12.5. The lowest BCUT2D eigenvalue weighted by Gasteiger charge is -2.25. The van der Waals surface area contributed by atoms with E-state index in [4.69, 9.17) is 5.73 Å². The van der Waals surface area contributed by atoms with Gasteiger partial charge in [-0.05, 0) is 43.4 Å². The Hall–Kier alpha value is -1.23. The van der Waals surface area contributed by atoms with Gasteiger partial charge in [-0.2, -0.15) is 11.8 Å². The second kappa shape index (κ2) is 7.53. The maximum atomic E-state index is 12.5. The van der Waals surface area contributed by atoms with E-state index in [1.807, 2.05) is 27.0 Å². The number of pyridine rings is 1. The molecule has 1 heterocycles. The fraction of sp³-hybridized carbons (Fsp3) is 0.600. The number of thioether (sulfide) groups is 1. The molecule has 0 aromatic carbocycles. The zero-order valence-electron chi connectivity index (χ0n) is 13.0. The van der Waals surface area contributed by atoms with Crippen molar-refractivity contribution in [3.63, 3.8) is 0 Å². The summed E-state index contributed by atoms with van der Waals surface area (Å²) in [6.45, 7) is 6.16. The summed E-state index contributed by atoms with van der Waals surface area (Å²) in [4.78, 5) is 18.6. The van der Waals surface area contributed by atoms with E-state index in [-0.39, 0.29) is 17.9 Å². The van der Waals surface area contributed by atoms with Crippen molar-refractivity contribution >= 4 is 23.5 Å². The van der Waals surface area contributed by atoms with Crippen molar-refractivity contribution in [2.24, 2.45) is 0 Å². The van der Waals surface area contributed by atoms with Gasteiger partial charge in [0.15, 0.2) is 0 Å². The van der Waals surface area contributed by atoms with E-state index in [2.05, 4.69) is 18.2 Å². The van der Waals surface area contributed by atoms with E-state index < -0.39 is 0 Å². The Kier molecular flexibility index (Phi) is 6.33. The van der Waals surface area contributed by atoms with Crippen LogP contribution in [0.1, 0.15) is 49.2 Å². The summed E-state index contributed by atoms with van der Waals surface area (Å²) in [5.74, 6) is 1.72. The smallest absolute Gasteiger partial charge is 0.254 e. The minimum Gasteiger partial charge on any atom is -0.384 e. The molecule has 2 N–H and O–H groups in total. The van der Waals surface area contributed by atoms with Crippen molar-refractivity contribution in [2.75, 3.05) is 24.8 Å². The number of carbonyl (C=O) groups excluding carboxylic acids is 1. The number of anilines is 1. The van der Waals surface area contributed by atoms with Crippen LogP contribution in [-0.2, 0) is 0 Å². The highest BCUT2D eigenvalue weighted by Crippen LogP contribution is 2.18. The third-order valence-electron chi connectivity index (χ3n) is 3.42. The maximum absolute atomic E-state index is 12.5. The van der Waals surface area contributed by atoms with Gasteiger partial charge in [-0.25, -0.2) is 4.98 Å². The minimum atomic E-state index is 0.00889. The zero-order chi connectivity index (χ0) is 15.3. The zero-order valence-corrected chi connectivity index (χ0v) is 13.8. The second-order valence-corrected chi connectivity index (χ2v) is 6.39. The van der Waals surface area contributed by atoms with Crippen LogP contribution >= 0.6 is 11.8 Å². The molecule has 0 saturated carbocycles. The molecule has 0 fully saturated rings. The van der Waals surface area contributed by atoms with Gasteiger partial charge in [0.1, 0.15) is 5.82 Å². The quantitative estimate of drug-likeness (QED) is 0.876. The number of nitrogens with two attached hydrogens (primary N) is 1. The van der Waals surface area contributed by atoms with Crippen LogP contribution in [0.2, 0.25) is 0 Å². The van der Waals surface area contributed by atoms with E-state index in [1.54, 1.807) is 22.7 Å². The Bertz CT molecular complexity index is 462. The lowest BCUT2D eigenvalue weighted by atomic mass is 10.1. The second-order valence-electron chi connectivity index (χ2n) is 5.41. The van der Waals surface area contributed by atoms with Crippen LogP contribution in [0.4, 0.5) is 5.82 Å². The average Bonchev–Trinajstić information content (AvgIpc) is 2.42. The van der Waals surface area contributed by atoms with Gasteiger partial charge < -0.3 is 10.6 Å². The first-order chi connectivity index (χ1) is 9.36. The summed E-state index contributed by atoms with van der Waals surface area (Å²) >= 11 is 1.80. The lowest BCUT2D eigenvalue weighted by Crippen LogP contribution is -2.35. The van der Waals surface area contributed by atoms with Crippen LogP contribution in [0.3, 0.4) is 0 Å². The predicted octanol–water partition coefficient (Wildman–Crippen LogP) is 3.00. The predicted molar refractivity (Wildman–Crippen MR) is 87.3 cm³/mol.